The van der Waals surface area contributed by atoms with Crippen LogP contribution in [0.15, 0.2) is 48.6 Å². The maximum atomic E-state index is 10.3. The highest BCUT2D eigenvalue weighted by Crippen LogP contribution is 2.25. The molecule has 0 aromatic rings. The largest absolute Gasteiger partial charge is 0.481 e. The summed E-state index contributed by atoms with van der Waals surface area (Å²) in [6, 6.07) is 0. The van der Waals surface area contributed by atoms with Gasteiger partial charge in [0.05, 0.1) is 24.4 Å². The van der Waals surface area contributed by atoms with Crippen molar-refractivity contribution in [2.24, 2.45) is 0 Å². The second-order valence-corrected chi connectivity index (χ2v) is 6.92. The Kier molecular flexibility index (Phi) is 12.4. The van der Waals surface area contributed by atoms with Crippen molar-refractivity contribution in [3.05, 3.63) is 48.6 Å². The fourth-order valence-corrected chi connectivity index (χ4v) is 2.82. The molecule has 0 amide bonds. The van der Waals surface area contributed by atoms with Crippen LogP contribution in [0.4, 0.5) is 0 Å². The Balaban J connectivity index is 2.18. The maximum absolute atomic E-state index is 10.3. The van der Waals surface area contributed by atoms with Crippen molar-refractivity contribution in [2.75, 3.05) is 0 Å². The fraction of sp³-hybridized carbons (Fsp3) is 0.591. The van der Waals surface area contributed by atoms with Crippen molar-refractivity contribution in [1.29, 1.82) is 0 Å². The highest BCUT2D eigenvalue weighted by atomic mass is 16.5. The molecule has 158 valence electrons. The van der Waals surface area contributed by atoms with Crippen molar-refractivity contribution in [3.8, 4) is 0 Å². The summed E-state index contributed by atoms with van der Waals surface area (Å²) in [4.78, 5) is 10.3. The van der Waals surface area contributed by atoms with Crippen molar-refractivity contribution in [2.45, 2.75) is 82.4 Å². The van der Waals surface area contributed by atoms with Gasteiger partial charge in [-0.25, -0.2) is 0 Å². The molecule has 6 heteroatoms. The average molecular weight is 395 g/mol. The van der Waals surface area contributed by atoms with Crippen molar-refractivity contribution in [1.82, 2.24) is 0 Å². The number of hydrogen-bond acceptors (Lipinski definition) is 5. The molecule has 1 fully saturated rings. The van der Waals surface area contributed by atoms with Crippen LogP contribution in [0, 0.1) is 0 Å². The summed E-state index contributed by atoms with van der Waals surface area (Å²) in [6.45, 7) is 1.87. The van der Waals surface area contributed by atoms with Crippen LogP contribution >= 0.6 is 0 Å². The first-order valence-electron chi connectivity index (χ1n) is 9.98. The summed E-state index contributed by atoms with van der Waals surface area (Å²) in [5, 5.41) is 38.3. The Morgan fingerprint density at radius 3 is 2.39 bits per heavy atom. The lowest BCUT2D eigenvalue weighted by Gasteiger charge is -2.16. The molecule has 1 rings (SSSR count). The molecule has 1 aliphatic heterocycles. The normalized spacial score (nSPS) is 25.5. The first kappa shape index (κ1) is 24.3. The first-order chi connectivity index (χ1) is 13.4. The quantitative estimate of drug-likeness (QED) is 0.358. The second kappa shape index (κ2) is 14.3. The number of rotatable bonds is 13. The predicted molar refractivity (Wildman–Crippen MR) is 109 cm³/mol. The minimum atomic E-state index is -0.784. The van der Waals surface area contributed by atoms with E-state index in [-0.39, 0.29) is 12.5 Å². The van der Waals surface area contributed by atoms with E-state index >= 15 is 0 Å². The van der Waals surface area contributed by atoms with Gasteiger partial charge in [0.2, 0.25) is 0 Å². The van der Waals surface area contributed by atoms with Crippen LogP contribution in [0.3, 0.4) is 0 Å². The molecule has 1 heterocycles. The zero-order valence-electron chi connectivity index (χ0n) is 16.6. The molecule has 0 aromatic heterocycles. The van der Waals surface area contributed by atoms with Crippen LogP contribution in [0.2, 0.25) is 0 Å². The summed E-state index contributed by atoms with van der Waals surface area (Å²) in [6.07, 6.45) is 16.0. The lowest BCUT2D eigenvalue weighted by Crippen LogP contribution is -2.25. The number of carboxylic acids is 1. The molecule has 0 aliphatic carbocycles. The molecule has 5 atom stereocenters. The molecule has 0 bridgehead atoms. The zero-order chi connectivity index (χ0) is 20.8. The van der Waals surface area contributed by atoms with E-state index in [1.165, 1.54) is 0 Å². The number of carbonyl (C=O) groups is 1. The fourth-order valence-electron chi connectivity index (χ4n) is 2.82. The summed E-state index contributed by atoms with van der Waals surface area (Å²) in [7, 11) is 0. The second-order valence-electron chi connectivity index (χ2n) is 6.92. The predicted octanol–water partition coefficient (Wildman–Crippen LogP) is 2.90. The van der Waals surface area contributed by atoms with Crippen LogP contribution in [0.1, 0.15) is 51.9 Å². The van der Waals surface area contributed by atoms with Gasteiger partial charge in [-0.1, -0.05) is 55.5 Å². The van der Waals surface area contributed by atoms with Crippen molar-refractivity contribution in [3.63, 3.8) is 0 Å². The Hall–Kier alpha value is -1.73. The van der Waals surface area contributed by atoms with E-state index in [0.29, 0.717) is 25.7 Å². The van der Waals surface area contributed by atoms with E-state index in [1.807, 2.05) is 43.4 Å². The number of carboxylic acid groups (broad SMARTS) is 1. The van der Waals surface area contributed by atoms with E-state index in [1.54, 1.807) is 12.2 Å². The zero-order valence-corrected chi connectivity index (χ0v) is 16.6. The first-order valence-corrected chi connectivity index (χ1v) is 9.98. The van der Waals surface area contributed by atoms with Crippen LogP contribution < -0.4 is 0 Å². The van der Waals surface area contributed by atoms with Gasteiger partial charge in [-0.05, 0) is 32.1 Å². The molecule has 1 aliphatic rings. The molecule has 0 saturated carbocycles. The standard InChI is InChI=1S/C22H34O6/c1-2-18(24)21-16-19(25)20(28-21)15-14-17(23)12-10-8-6-4-3-5-7-9-11-13-22(26)27/h3-4,7-10,14-15,17-21,23-25H,2,5-6,11-13,16H2,1H3,(H,26,27)/b4-3-,9-7-,10-8-,15-14+/t17-,18-,19-,20-,21-/m1/s1. The molecule has 0 radical (unpaired) electrons. The van der Waals surface area contributed by atoms with E-state index in [9.17, 15) is 20.1 Å². The van der Waals surface area contributed by atoms with E-state index < -0.39 is 30.4 Å². The molecule has 1 saturated heterocycles. The van der Waals surface area contributed by atoms with Gasteiger partial charge in [-0.2, -0.15) is 0 Å². The Morgan fingerprint density at radius 1 is 1.11 bits per heavy atom. The Morgan fingerprint density at radius 2 is 1.75 bits per heavy atom. The molecule has 0 spiro atoms. The number of aliphatic hydroxyl groups excluding tert-OH is 3. The van der Waals surface area contributed by atoms with Crippen LogP contribution in [-0.2, 0) is 9.53 Å². The smallest absolute Gasteiger partial charge is 0.303 e. The van der Waals surface area contributed by atoms with Gasteiger partial charge < -0.3 is 25.2 Å². The highest BCUT2D eigenvalue weighted by Gasteiger charge is 2.35. The lowest BCUT2D eigenvalue weighted by atomic mass is 10.1. The number of ether oxygens (including phenoxy) is 1. The van der Waals surface area contributed by atoms with E-state index in [4.69, 9.17) is 9.84 Å². The minimum Gasteiger partial charge on any atom is -0.481 e. The van der Waals surface area contributed by atoms with Gasteiger partial charge >= 0.3 is 5.97 Å². The number of hydrogen-bond donors (Lipinski definition) is 4. The molecule has 6 nitrogen and oxygen atoms in total. The highest BCUT2D eigenvalue weighted by molar-refractivity contribution is 5.66. The third-order valence-electron chi connectivity index (χ3n) is 4.50. The number of aliphatic hydroxyl groups is 3. The topological polar surface area (TPSA) is 107 Å². The summed E-state index contributed by atoms with van der Waals surface area (Å²) in [5.41, 5.74) is 0. The van der Waals surface area contributed by atoms with Gasteiger partial charge in [0.15, 0.2) is 0 Å². The molecule has 0 unspecified atom stereocenters. The summed E-state index contributed by atoms with van der Waals surface area (Å²) in [5.74, 6) is -0.784. The van der Waals surface area contributed by atoms with Gasteiger partial charge in [0.25, 0.3) is 0 Å². The van der Waals surface area contributed by atoms with Crippen LogP contribution in [0.25, 0.3) is 0 Å². The van der Waals surface area contributed by atoms with Crippen LogP contribution in [-0.4, -0.2) is 56.9 Å². The van der Waals surface area contributed by atoms with E-state index in [2.05, 4.69) is 0 Å². The molecule has 4 N–H and O–H groups in total. The summed E-state index contributed by atoms with van der Waals surface area (Å²) >= 11 is 0. The number of aliphatic carboxylic acids is 1. The Labute approximate surface area is 167 Å². The molecule has 28 heavy (non-hydrogen) atoms. The van der Waals surface area contributed by atoms with Gasteiger partial charge in [0, 0.05) is 12.8 Å². The maximum Gasteiger partial charge on any atom is 0.303 e. The third kappa shape index (κ3) is 10.6. The Bertz CT molecular complexity index is 551. The molecule has 0 aromatic carbocycles. The average Bonchev–Trinajstić information content (AvgIpc) is 3.04. The van der Waals surface area contributed by atoms with Crippen molar-refractivity contribution >= 4 is 5.97 Å². The lowest BCUT2D eigenvalue weighted by molar-refractivity contribution is -0.136. The van der Waals surface area contributed by atoms with Gasteiger partial charge in [0.1, 0.15) is 6.10 Å². The molecular formula is C22H34O6. The third-order valence-corrected chi connectivity index (χ3v) is 4.50. The molecular weight excluding hydrogens is 360 g/mol. The monoisotopic (exact) mass is 394 g/mol. The van der Waals surface area contributed by atoms with E-state index in [0.717, 1.165) is 12.8 Å². The summed E-state index contributed by atoms with van der Waals surface area (Å²) < 4.78 is 5.63. The van der Waals surface area contributed by atoms with Crippen molar-refractivity contribution < 1.29 is 30.0 Å². The minimum absolute atomic E-state index is 0.160. The SMILES string of the molecule is CC[C@@H](O)[C@H]1C[C@@H](O)[C@@H](/C=C/[C@H](O)C/C=C\C/C=C\C/C=C\CCC(=O)O)O1. The van der Waals surface area contributed by atoms with Crippen LogP contribution in [0.5, 0.6) is 0 Å². The van der Waals surface area contributed by atoms with Gasteiger partial charge in [-0.15, -0.1) is 0 Å². The van der Waals surface area contributed by atoms with Gasteiger partial charge in [-0.3, -0.25) is 4.79 Å². The number of allylic oxidation sites excluding steroid dienone is 5.